The van der Waals surface area contributed by atoms with E-state index >= 15 is 0 Å². The second-order valence-corrected chi connectivity index (χ2v) is 4.53. The van der Waals surface area contributed by atoms with Gasteiger partial charge in [0.2, 0.25) is 0 Å². The lowest BCUT2D eigenvalue weighted by atomic mass is 9.99. The number of hydrogen-bond donors (Lipinski definition) is 2. The van der Waals surface area contributed by atoms with E-state index in [1.165, 1.54) is 7.11 Å². The van der Waals surface area contributed by atoms with Crippen LogP contribution in [-0.4, -0.2) is 30.1 Å². The molecule has 0 aromatic carbocycles. The van der Waals surface area contributed by atoms with E-state index in [1.54, 1.807) is 12.3 Å². The fraction of sp³-hybridized carbons (Fsp3) is 0.500. The minimum Gasteiger partial charge on any atom is -0.467 e. The molecule has 0 saturated carbocycles. The second-order valence-electron chi connectivity index (χ2n) is 4.53. The molecule has 0 aliphatic heterocycles. The fourth-order valence-electron chi connectivity index (χ4n) is 1.66. The quantitative estimate of drug-likeness (QED) is 0.773. The molecule has 1 aromatic rings. The van der Waals surface area contributed by atoms with Gasteiger partial charge in [0.05, 0.1) is 19.3 Å². The number of esters is 1. The molecular formula is C14H21N3O3. The maximum absolute atomic E-state index is 11.8. The lowest BCUT2D eigenvalue weighted by Gasteiger charge is -2.21. The molecule has 6 nitrogen and oxygen atoms in total. The zero-order valence-electron chi connectivity index (χ0n) is 12.1. The summed E-state index contributed by atoms with van der Waals surface area (Å²) >= 11 is 0. The van der Waals surface area contributed by atoms with Crippen LogP contribution in [0.4, 0.5) is 4.79 Å². The summed E-state index contributed by atoms with van der Waals surface area (Å²) in [5, 5.41) is 5.30. The normalized spacial score (nSPS) is 13.2. The molecule has 0 fully saturated rings. The first-order chi connectivity index (χ1) is 9.58. The van der Waals surface area contributed by atoms with Gasteiger partial charge in [-0.25, -0.2) is 9.59 Å². The maximum atomic E-state index is 11.8. The van der Waals surface area contributed by atoms with E-state index in [2.05, 4.69) is 15.6 Å². The van der Waals surface area contributed by atoms with Gasteiger partial charge in [-0.15, -0.1) is 0 Å². The Morgan fingerprint density at radius 2 is 2.15 bits per heavy atom. The van der Waals surface area contributed by atoms with Crippen LogP contribution < -0.4 is 10.6 Å². The van der Waals surface area contributed by atoms with E-state index in [0.717, 1.165) is 12.1 Å². The number of urea groups is 1. The Balaban J connectivity index is 2.51. The molecule has 0 spiro atoms. The number of methoxy groups -OCH3 is 1. The smallest absolute Gasteiger partial charge is 0.328 e. The Hall–Kier alpha value is -2.11. The number of hydrogen-bond acceptors (Lipinski definition) is 4. The van der Waals surface area contributed by atoms with Crippen LogP contribution in [0.25, 0.3) is 0 Å². The van der Waals surface area contributed by atoms with E-state index in [9.17, 15) is 9.59 Å². The highest BCUT2D eigenvalue weighted by molar-refractivity contribution is 5.83. The molecule has 0 radical (unpaired) electrons. The largest absolute Gasteiger partial charge is 0.467 e. The van der Waals surface area contributed by atoms with Crippen molar-refractivity contribution in [1.29, 1.82) is 0 Å². The first-order valence-corrected chi connectivity index (χ1v) is 6.60. The van der Waals surface area contributed by atoms with E-state index in [-0.39, 0.29) is 5.92 Å². The van der Waals surface area contributed by atoms with E-state index in [1.807, 2.05) is 26.0 Å². The number of carbonyl (C=O) groups is 2. The van der Waals surface area contributed by atoms with Crippen LogP contribution in [0.2, 0.25) is 0 Å². The predicted molar refractivity (Wildman–Crippen MR) is 74.9 cm³/mol. The van der Waals surface area contributed by atoms with Crippen molar-refractivity contribution < 1.29 is 14.3 Å². The van der Waals surface area contributed by atoms with Gasteiger partial charge in [-0.05, 0) is 18.1 Å². The van der Waals surface area contributed by atoms with Crippen molar-refractivity contribution in [2.24, 2.45) is 5.92 Å². The molecular weight excluding hydrogens is 258 g/mol. The third-order valence-electron chi connectivity index (χ3n) is 3.11. The third-order valence-corrected chi connectivity index (χ3v) is 3.11. The maximum Gasteiger partial charge on any atom is 0.328 e. The van der Waals surface area contributed by atoms with Gasteiger partial charge in [-0.1, -0.05) is 26.3 Å². The molecule has 0 aliphatic rings. The van der Waals surface area contributed by atoms with Gasteiger partial charge in [0.15, 0.2) is 0 Å². The van der Waals surface area contributed by atoms with E-state index < -0.39 is 18.0 Å². The summed E-state index contributed by atoms with van der Waals surface area (Å²) in [6.45, 7) is 4.15. The number of aromatic nitrogens is 1. The number of nitrogens with one attached hydrogen (secondary N) is 2. The van der Waals surface area contributed by atoms with E-state index in [0.29, 0.717) is 6.54 Å². The van der Waals surface area contributed by atoms with Gasteiger partial charge in [0.1, 0.15) is 6.04 Å². The van der Waals surface area contributed by atoms with Crippen LogP contribution in [0.1, 0.15) is 26.0 Å². The van der Waals surface area contributed by atoms with Gasteiger partial charge in [-0.2, -0.15) is 0 Å². The van der Waals surface area contributed by atoms with Gasteiger partial charge < -0.3 is 15.4 Å². The van der Waals surface area contributed by atoms with Crippen molar-refractivity contribution in [1.82, 2.24) is 15.6 Å². The SMILES string of the molecule is CCC(C)C(NC(=O)NCc1ccccn1)C(=O)OC. The molecule has 0 bridgehead atoms. The Kier molecular flexibility index (Phi) is 6.49. The van der Waals surface area contributed by atoms with Crippen molar-refractivity contribution in [3.8, 4) is 0 Å². The van der Waals surface area contributed by atoms with Crippen molar-refractivity contribution >= 4 is 12.0 Å². The Morgan fingerprint density at radius 3 is 2.70 bits per heavy atom. The van der Waals surface area contributed by atoms with Crippen LogP contribution in [0, 0.1) is 5.92 Å². The van der Waals surface area contributed by atoms with Gasteiger partial charge in [-0.3, -0.25) is 4.98 Å². The van der Waals surface area contributed by atoms with Crippen LogP contribution in [0.15, 0.2) is 24.4 Å². The minimum atomic E-state index is -0.645. The number of amides is 2. The zero-order valence-corrected chi connectivity index (χ0v) is 12.1. The second kappa shape index (κ2) is 8.14. The summed E-state index contributed by atoms with van der Waals surface area (Å²) in [6.07, 6.45) is 2.42. The molecule has 110 valence electrons. The average molecular weight is 279 g/mol. The summed E-state index contributed by atoms with van der Waals surface area (Å²) in [7, 11) is 1.31. The zero-order chi connectivity index (χ0) is 15.0. The molecule has 0 saturated heterocycles. The van der Waals surface area contributed by atoms with Crippen molar-refractivity contribution in [3.63, 3.8) is 0 Å². The molecule has 1 aromatic heterocycles. The molecule has 2 atom stereocenters. The lowest BCUT2D eigenvalue weighted by Crippen LogP contribution is -2.49. The number of pyridine rings is 1. The lowest BCUT2D eigenvalue weighted by molar-refractivity contribution is -0.144. The number of ether oxygens (including phenoxy) is 1. The Bertz CT molecular complexity index is 437. The standard InChI is InChI=1S/C14H21N3O3/c1-4-10(2)12(13(18)20-3)17-14(19)16-9-11-7-5-6-8-15-11/h5-8,10,12H,4,9H2,1-3H3,(H2,16,17,19). The summed E-state index contributed by atoms with van der Waals surface area (Å²) in [4.78, 5) is 27.6. The molecule has 0 aliphatic carbocycles. The highest BCUT2D eigenvalue weighted by Gasteiger charge is 2.26. The first kappa shape index (κ1) is 15.9. The number of nitrogens with zero attached hydrogens (tertiary/aromatic N) is 1. The average Bonchev–Trinajstić information content (AvgIpc) is 2.50. The van der Waals surface area contributed by atoms with E-state index in [4.69, 9.17) is 4.74 Å². The summed E-state index contributed by atoms with van der Waals surface area (Å²) in [5.74, 6) is -0.435. The molecule has 1 heterocycles. The van der Waals surface area contributed by atoms with Gasteiger partial charge >= 0.3 is 12.0 Å². The highest BCUT2D eigenvalue weighted by Crippen LogP contribution is 2.09. The van der Waals surface area contributed by atoms with Crippen molar-refractivity contribution in [2.75, 3.05) is 7.11 Å². The Morgan fingerprint density at radius 1 is 1.40 bits per heavy atom. The van der Waals surface area contributed by atoms with Gasteiger partial charge in [0.25, 0.3) is 0 Å². The molecule has 2 unspecified atom stereocenters. The predicted octanol–water partition coefficient (Wildman–Crippen LogP) is 1.47. The first-order valence-electron chi connectivity index (χ1n) is 6.60. The Labute approximate surface area is 118 Å². The van der Waals surface area contributed by atoms with Crippen molar-refractivity contribution in [3.05, 3.63) is 30.1 Å². The van der Waals surface area contributed by atoms with Crippen LogP contribution in [0.3, 0.4) is 0 Å². The molecule has 20 heavy (non-hydrogen) atoms. The fourth-order valence-corrected chi connectivity index (χ4v) is 1.66. The minimum absolute atomic E-state index is 0.00282. The molecule has 2 amide bonds. The number of carbonyl (C=O) groups excluding carboxylic acids is 2. The van der Waals surface area contributed by atoms with Crippen LogP contribution in [0.5, 0.6) is 0 Å². The van der Waals surface area contributed by atoms with Gasteiger partial charge in [0, 0.05) is 6.20 Å². The summed E-state index contributed by atoms with van der Waals surface area (Å²) in [6, 6.07) is 4.41. The monoisotopic (exact) mass is 279 g/mol. The number of rotatable bonds is 6. The summed E-state index contributed by atoms with van der Waals surface area (Å²) in [5.41, 5.74) is 0.751. The molecule has 2 N–H and O–H groups in total. The third kappa shape index (κ3) is 4.87. The molecule has 1 rings (SSSR count). The molecule has 6 heteroatoms. The van der Waals surface area contributed by atoms with Crippen LogP contribution >= 0.6 is 0 Å². The van der Waals surface area contributed by atoms with Crippen LogP contribution in [-0.2, 0) is 16.1 Å². The highest BCUT2D eigenvalue weighted by atomic mass is 16.5. The summed E-state index contributed by atoms with van der Waals surface area (Å²) < 4.78 is 4.71. The van der Waals surface area contributed by atoms with Crippen molar-refractivity contribution in [2.45, 2.75) is 32.9 Å². The topological polar surface area (TPSA) is 80.3 Å².